The lowest BCUT2D eigenvalue weighted by Gasteiger charge is -2.01. The van der Waals surface area contributed by atoms with Crippen LogP contribution in [0.4, 0.5) is 0 Å². The standard InChI is InChI=1S/C13H14N2OS/c1-8(14)12-7-15-13(17-12)10-2-3-11-9(6-10)4-5-16-11/h2-3,6-8H,4-5,14H2,1H3. The van der Waals surface area contributed by atoms with Crippen molar-refractivity contribution in [2.24, 2.45) is 5.73 Å². The number of fused-ring (bicyclic) bond motifs is 1. The van der Waals surface area contributed by atoms with Crippen LogP contribution in [-0.4, -0.2) is 11.6 Å². The molecule has 3 rings (SSSR count). The van der Waals surface area contributed by atoms with Crippen LogP contribution in [0.3, 0.4) is 0 Å². The van der Waals surface area contributed by atoms with Crippen molar-refractivity contribution in [1.29, 1.82) is 0 Å². The molecule has 2 aromatic rings. The smallest absolute Gasteiger partial charge is 0.123 e. The van der Waals surface area contributed by atoms with E-state index in [0.29, 0.717) is 0 Å². The van der Waals surface area contributed by atoms with E-state index in [0.717, 1.165) is 34.2 Å². The molecule has 0 fully saturated rings. The van der Waals surface area contributed by atoms with Gasteiger partial charge in [-0.25, -0.2) is 4.98 Å². The highest BCUT2D eigenvalue weighted by Crippen LogP contribution is 2.33. The summed E-state index contributed by atoms with van der Waals surface area (Å²) in [6.45, 7) is 2.77. The summed E-state index contributed by atoms with van der Waals surface area (Å²) in [6, 6.07) is 6.32. The number of nitrogens with two attached hydrogens (primary N) is 1. The first-order valence-corrected chi connectivity index (χ1v) is 6.53. The van der Waals surface area contributed by atoms with E-state index in [1.54, 1.807) is 11.3 Å². The van der Waals surface area contributed by atoms with Crippen molar-refractivity contribution in [1.82, 2.24) is 4.98 Å². The number of ether oxygens (including phenoxy) is 1. The Morgan fingerprint density at radius 3 is 3.12 bits per heavy atom. The van der Waals surface area contributed by atoms with Crippen LogP contribution in [0.2, 0.25) is 0 Å². The van der Waals surface area contributed by atoms with E-state index >= 15 is 0 Å². The maximum absolute atomic E-state index is 5.85. The minimum atomic E-state index is 0.0546. The van der Waals surface area contributed by atoms with Crippen molar-refractivity contribution in [3.05, 3.63) is 34.8 Å². The van der Waals surface area contributed by atoms with Crippen LogP contribution in [0, 0.1) is 0 Å². The molecule has 0 saturated heterocycles. The maximum atomic E-state index is 5.85. The molecule has 1 aromatic carbocycles. The maximum Gasteiger partial charge on any atom is 0.123 e. The molecule has 0 amide bonds. The topological polar surface area (TPSA) is 48.1 Å². The molecule has 1 atom stereocenters. The molecule has 0 radical (unpaired) electrons. The zero-order valence-electron chi connectivity index (χ0n) is 9.64. The van der Waals surface area contributed by atoms with Gasteiger partial charge in [-0.05, 0) is 30.7 Å². The highest BCUT2D eigenvalue weighted by molar-refractivity contribution is 7.15. The van der Waals surface area contributed by atoms with Crippen molar-refractivity contribution in [3.63, 3.8) is 0 Å². The van der Waals surface area contributed by atoms with E-state index in [1.807, 2.05) is 19.2 Å². The summed E-state index contributed by atoms with van der Waals surface area (Å²) in [5.74, 6) is 1.01. The Kier molecular flexibility index (Phi) is 2.61. The van der Waals surface area contributed by atoms with Gasteiger partial charge in [-0.1, -0.05) is 0 Å². The number of hydrogen-bond donors (Lipinski definition) is 1. The van der Waals surface area contributed by atoms with Crippen LogP contribution in [0.15, 0.2) is 24.4 Å². The van der Waals surface area contributed by atoms with Gasteiger partial charge in [-0.3, -0.25) is 0 Å². The molecule has 0 saturated carbocycles. The second-order valence-electron chi connectivity index (χ2n) is 4.28. The lowest BCUT2D eigenvalue weighted by atomic mass is 10.1. The summed E-state index contributed by atoms with van der Waals surface area (Å²) >= 11 is 1.66. The molecule has 1 aliphatic rings. The number of rotatable bonds is 2. The minimum Gasteiger partial charge on any atom is -0.493 e. The summed E-state index contributed by atoms with van der Waals surface area (Å²) < 4.78 is 5.50. The van der Waals surface area contributed by atoms with E-state index in [-0.39, 0.29) is 6.04 Å². The van der Waals surface area contributed by atoms with Gasteiger partial charge in [-0.2, -0.15) is 0 Å². The summed E-state index contributed by atoms with van der Waals surface area (Å²) in [7, 11) is 0. The molecule has 2 heterocycles. The van der Waals surface area contributed by atoms with E-state index in [1.165, 1.54) is 5.56 Å². The number of hydrogen-bond acceptors (Lipinski definition) is 4. The van der Waals surface area contributed by atoms with Gasteiger partial charge >= 0.3 is 0 Å². The fourth-order valence-corrected chi connectivity index (χ4v) is 2.81. The molecule has 1 aliphatic heterocycles. The van der Waals surface area contributed by atoms with E-state index in [2.05, 4.69) is 17.1 Å². The molecule has 2 N–H and O–H groups in total. The van der Waals surface area contributed by atoms with Crippen LogP contribution >= 0.6 is 11.3 Å². The van der Waals surface area contributed by atoms with Crippen molar-refractivity contribution in [2.45, 2.75) is 19.4 Å². The normalized spacial score (nSPS) is 15.4. The van der Waals surface area contributed by atoms with E-state index in [4.69, 9.17) is 10.5 Å². The van der Waals surface area contributed by atoms with Crippen molar-refractivity contribution in [2.75, 3.05) is 6.61 Å². The van der Waals surface area contributed by atoms with Gasteiger partial charge in [0.25, 0.3) is 0 Å². The predicted molar refractivity (Wildman–Crippen MR) is 69.4 cm³/mol. The molecule has 4 heteroatoms. The highest BCUT2D eigenvalue weighted by Gasteiger charge is 2.14. The van der Waals surface area contributed by atoms with Gasteiger partial charge < -0.3 is 10.5 Å². The molecule has 0 spiro atoms. The van der Waals surface area contributed by atoms with Gasteiger partial charge in [0, 0.05) is 29.1 Å². The van der Waals surface area contributed by atoms with Crippen LogP contribution < -0.4 is 10.5 Å². The third kappa shape index (κ3) is 1.94. The summed E-state index contributed by atoms with van der Waals surface area (Å²) in [5, 5.41) is 1.03. The summed E-state index contributed by atoms with van der Waals surface area (Å²) in [4.78, 5) is 5.55. The van der Waals surface area contributed by atoms with Crippen molar-refractivity contribution in [3.8, 4) is 16.3 Å². The number of nitrogens with zero attached hydrogens (tertiary/aromatic N) is 1. The van der Waals surface area contributed by atoms with Crippen molar-refractivity contribution >= 4 is 11.3 Å². The summed E-state index contributed by atoms with van der Waals surface area (Å²) in [5.41, 5.74) is 8.28. The minimum absolute atomic E-state index is 0.0546. The zero-order chi connectivity index (χ0) is 11.8. The van der Waals surface area contributed by atoms with Gasteiger partial charge in [0.1, 0.15) is 10.8 Å². The molecule has 3 nitrogen and oxygen atoms in total. The first kappa shape index (κ1) is 10.7. The molecule has 0 bridgehead atoms. The van der Waals surface area contributed by atoms with Gasteiger partial charge in [0.2, 0.25) is 0 Å². The quantitative estimate of drug-likeness (QED) is 0.886. The Bertz CT molecular complexity index is 548. The van der Waals surface area contributed by atoms with E-state index < -0.39 is 0 Å². The van der Waals surface area contributed by atoms with Gasteiger partial charge in [-0.15, -0.1) is 11.3 Å². The van der Waals surface area contributed by atoms with Crippen LogP contribution in [-0.2, 0) is 6.42 Å². The SMILES string of the molecule is CC(N)c1cnc(-c2ccc3c(c2)CCO3)s1. The van der Waals surface area contributed by atoms with Gasteiger partial charge in [0.15, 0.2) is 0 Å². The number of benzene rings is 1. The predicted octanol–water partition coefficient (Wildman–Crippen LogP) is 2.76. The molecule has 88 valence electrons. The number of aromatic nitrogens is 1. The van der Waals surface area contributed by atoms with Crippen molar-refractivity contribution < 1.29 is 4.74 Å². The first-order valence-electron chi connectivity index (χ1n) is 5.71. The van der Waals surface area contributed by atoms with Gasteiger partial charge in [0.05, 0.1) is 6.61 Å². The average molecular weight is 246 g/mol. The lowest BCUT2D eigenvalue weighted by Crippen LogP contribution is -2.01. The second-order valence-corrected chi connectivity index (χ2v) is 5.34. The largest absolute Gasteiger partial charge is 0.493 e. The molecule has 17 heavy (non-hydrogen) atoms. The Balaban J connectivity index is 1.97. The fourth-order valence-electron chi connectivity index (χ4n) is 1.95. The molecular weight excluding hydrogens is 232 g/mol. The highest BCUT2D eigenvalue weighted by atomic mass is 32.1. The van der Waals surface area contributed by atoms with E-state index in [9.17, 15) is 0 Å². The number of thiazole rings is 1. The Hall–Kier alpha value is -1.39. The first-order chi connectivity index (χ1) is 8.24. The Morgan fingerprint density at radius 1 is 1.47 bits per heavy atom. The molecule has 0 aliphatic carbocycles. The summed E-state index contributed by atoms with van der Waals surface area (Å²) in [6.07, 6.45) is 2.86. The average Bonchev–Trinajstić information content (AvgIpc) is 2.97. The Labute approximate surface area is 104 Å². The molecular formula is C13H14N2OS. The lowest BCUT2D eigenvalue weighted by molar-refractivity contribution is 0.357. The second kappa shape index (κ2) is 4.13. The van der Waals surface area contributed by atoms with Crippen LogP contribution in [0.1, 0.15) is 23.4 Å². The third-order valence-electron chi connectivity index (χ3n) is 2.91. The Morgan fingerprint density at radius 2 is 2.35 bits per heavy atom. The fraction of sp³-hybridized carbons (Fsp3) is 0.308. The monoisotopic (exact) mass is 246 g/mol. The third-order valence-corrected chi connectivity index (χ3v) is 4.16. The zero-order valence-corrected chi connectivity index (χ0v) is 10.5. The molecule has 1 unspecified atom stereocenters. The molecule has 1 aromatic heterocycles. The van der Waals surface area contributed by atoms with Crippen LogP contribution in [0.25, 0.3) is 10.6 Å². The van der Waals surface area contributed by atoms with Crippen LogP contribution in [0.5, 0.6) is 5.75 Å².